The van der Waals surface area contributed by atoms with Crippen LogP contribution in [0.25, 0.3) is 0 Å². The van der Waals surface area contributed by atoms with E-state index in [2.05, 4.69) is 9.97 Å². The van der Waals surface area contributed by atoms with Crippen molar-refractivity contribution < 1.29 is 0 Å². The van der Waals surface area contributed by atoms with Crippen molar-refractivity contribution >= 4 is 0 Å². The highest BCUT2D eigenvalue weighted by molar-refractivity contribution is 5.18. The van der Waals surface area contributed by atoms with E-state index in [1.807, 2.05) is 24.3 Å². The Hall–Kier alpha value is -2.21. The van der Waals surface area contributed by atoms with Gasteiger partial charge in [-0.3, -0.25) is 4.98 Å². The number of nitrogens with zero attached hydrogens (tertiary/aromatic N) is 3. The van der Waals surface area contributed by atoms with Crippen molar-refractivity contribution in [1.29, 1.82) is 5.26 Å². The average molecular weight is 183 g/mol. The molecular weight excluding hydrogens is 174 g/mol. The third-order valence-corrected chi connectivity index (χ3v) is 1.35. The van der Waals surface area contributed by atoms with Gasteiger partial charge in [-0.25, -0.2) is 4.98 Å². The van der Waals surface area contributed by atoms with E-state index in [1.165, 1.54) is 0 Å². The molecule has 68 valence electrons. The van der Waals surface area contributed by atoms with Gasteiger partial charge in [-0.2, -0.15) is 5.26 Å². The molecule has 0 saturated heterocycles. The van der Waals surface area contributed by atoms with Gasteiger partial charge < -0.3 is 0 Å². The summed E-state index contributed by atoms with van der Waals surface area (Å²) in [7, 11) is 0. The molecule has 0 fully saturated rings. The molecule has 14 heavy (non-hydrogen) atoms. The quantitative estimate of drug-likeness (QED) is 0.628. The Balaban J connectivity index is 0.000000146. The minimum absolute atomic E-state index is 0.465. The summed E-state index contributed by atoms with van der Waals surface area (Å²) >= 11 is 0. The van der Waals surface area contributed by atoms with E-state index in [9.17, 15) is 0 Å². The number of nitriles is 1. The first-order chi connectivity index (χ1) is 6.93. The summed E-state index contributed by atoms with van der Waals surface area (Å²) < 4.78 is 0. The first-order valence-corrected chi connectivity index (χ1v) is 4.09. The highest BCUT2D eigenvalue weighted by Crippen LogP contribution is 1.87. The van der Waals surface area contributed by atoms with Gasteiger partial charge in [-0.15, -0.1) is 0 Å². The molecule has 0 N–H and O–H groups in total. The molecule has 0 aromatic carbocycles. The molecule has 0 radical (unpaired) electrons. The summed E-state index contributed by atoms with van der Waals surface area (Å²) in [5.74, 6) is 0. The van der Waals surface area contributed by atoms with Crippen LogP contribution in [-0.2, 0) is 0 Å². The number of hydrogen-bond donors (Lipinski definition) is 0. The maximum Gasteiger partial charge on any atom is 0.140 e. The molecule has 0 unspecified atom stereocenters. The zero-order chi connectivity index (χ0) is 10.1. The standard InChI is InChI=1S/C6H4N2.C5H5N/c7-5-6-3-1-2-4-8-6;1-2-4-6-5-3-1/h1-4H;1-5H. The number of hydrogen-bond acceptors (Lipinski definition) is 3. The molecule has 0 spiro atoms. The Morgan fingerprint density at radius 3 is 1.93 bits per heavy atom. The van der Waals surface area contributed by atoms with Gasteiger partial charge in [0.05, 0.1) is 0 Å². The average Bonchev–Trinajstić information content (AvgIpc) is 2.33. The lowest BCUT2D eigenvalue weighted by Gasteiger charge is -1.79. The summed E-state index contributed by atoms with van der Waals surface area (Å²) in [6, 6.07) is 12.9. The smallest absolute Gasteiger partial charge is 0.140 e. The molecule has 2 rings (SSSR count). The largest absolute Gasteiger partial charge is 0.265 e. The van der Waals surface area contributed by atoms with Crippen molar-refractivity contribution in [1.82, 2.24) is 9.97 Å². The monoisotopic (exact) mass is 183 g/mol. The van der Waals surface area contributed by atoms with Crippen LogP contribution < -0.4 is 0 Å². The van der Waals surface area contributed by atoms with Crippen molar-refractivity contribution in [2.75, 3.05) is 0 Å². The topological polar surface area (TPSA) is 49.6 Å². The zero-order valence-corrected chi connectivity index (χ0v) is 7.54. The minimum Gasteiger partial charge on any atom is -0.265 e. The van der Waals surface area contributed by atoms with Gasteiger partial charge in [0.1, 0.15) is 11.8 Å². The van der Waals surface area contributed by atoms with Gasteiger partial charge in [0.2, 0.25) is 0 Å². The van der Waals surface area contributed by atoms with Crippen molar-refractivity contribution in [3.63, 3.8) is 0 Å². The highest BCUT2D eigenvalue weighted by atomic mass is 14.7. The van der Waals surface area contributed by atoms with Crippen molar-refractivity contribution in [2.45, 2.75) is 0 Å². The summed E-state index contributed by atoms with van der Waals surface area (Å²) in [6.07, 6.45) is 5.10. The fourth-order valence-corrected chi connectivity index (χ4v) is 0.741. The van der Waals surface area contributed by atoms with Gasteiger partial charge in [0, 0.05) is 18.6 Å². The normalized spacial score (nSPS) is 7.93. The third-order valence-electron chi connectivity index (χ3n) is 1.35. The molecular formula is C11H9N3. The van der Waals surface area contributed by atoms with Crippen LogP contribution in [0.4, 0.5) is 0 Å². The molecule has 3 nitrogen and oxygen atoms in total. The van der Waals surface area contributed by atoms with Crippen molar-refractivity contribution in [3.8, 4) is 6.07 Å². The molecule has 2 aromatic rings. The maximum absolute atomic E-state index is 8.23. The van der Waals surface area contributed by atoms with E-state index >= 15 is 0 Å². The molecule has 0 saturated carbocycles. The van der Waals surface area contributed by atoms with Gasteiger partial charge in [0.25, 0.3) is 0 Å². The minimum atomic E-state index is 0.465. The zero-order valence-electron chi connectivity index (χ0n) is 7.54. The van der Waals surface area contributed by atoms with Crippen molar-refractivity contribution in [3.05, 3.63) is 60.7 Å². The maximum atomic E-state index is 8.23. The molecule has 0 aliphatic carbocycles. The van der Waals surface area contributed by atoms with Crippen LogP contribution >= 0.6 is 0 Å². The number of pyridine rings is 2. The van der Waals surface area contributed by atoms with Crippen LogP contribution in [0, 0.1) is 11.3 Å². The van der Waals surface area contributed by atoms with Crippen LogP contribution in [-0.4, -0.2) is 9.97 Å². The van der Waals surface area contributed by atoms with Gasteiger partial charge in [0.15, 0.2) is 0 Å². The molecule has 2 aromatic heterocycles. The second kappa shape index (κ2) is 6.32. The van der Waals surface area contributed by atoms with E-state index in [4.69, 9.17) is 5.26 Å². The molecule has 0 amide bonds. The second-order valence-electron chi connectivity index (χ2n) is 2.35. The predicted octanol–water partition coefficient (Wildman–Crippen LogP) is 2.03. The van der Waals surface area contributed by atoms with E-state index in [1.54, 1.807) is 36.8 Å². The number of aromatic nitrogens is 2. The second-order valence-corrected chi connectivity index (χ2v) is 2.35. The van der Waals surface area contributed by atoms with Crippen LogP contribution in [0.5, 0.6) is 0 Å². The Bertz CT molecular complexity index is 352. The van der Waals surface area contributed by atoms with Crippen LogP contribution in [0.15, 0.2) is 55.0 Å². The van der Waals surface area contributed by atoms with Crippen molar-refractivity contribution in [2.24, 2.45) is 0 Å². The lowest BCUT2D eigenvalue weighted by molar-refractivity contribution is 1.26. The van der Waals surface area contributed by atoms with E-state index in [0.29, 0.717) is 5.69 Å². The fraction of sp³-hybridized carbons (Fsp3) is 0. The molecule has 2 heterocycles. The Morgan fingerprint density at radius 1 is 0.929 bits per heavy atom. The third kappa shape index (κ3) is 3.98. The summed E-state index contributed by atoms with van der Waals surface area (Å²) in [5, 5.41) is 8.23. The molecule has 0 aliphatic rings. The summed E-state index contributed by atoms with van der Waals surface area (Å²) in [6.45, 7) is 0. The molecule has 0 atom stereocenters. The summed E-state index contributed by atoms with van der Waals surface area (Å²) in [5.41, 5.74) is 0.465. The highest BCUT2D eigenvalue weighted by Gasteiger charge is 1.81. The fourth-order valence-electron chi connectivity index (χ4n) is 0.741. The van der Waals surface area contributed by atoms with Crippen LogP contribution in [0.1, 0.15) is 5.69 Å². The molecule has 0 bridgehead atoms. The SMILES string of the molecule is N#Cc1ccccn1.c1ccncc1. The van der Waals surface area contributed by atoms with E-state index in [-0.39, 0.29) is 0 Å². The Kier molecular flexibility index (Phi) is 4.46. The van der Waals surface area contributed by atoms with Gasteiger partial charge in [-0.1, -0.05) is 12.1 Å². The van der Waals surface area contributed by atoms with Crippen LogP contribution in [0.2, 0.25) is 0 Å². The van der Waals surface area contributed by atoms with Gasteiger partial charge >= 0.3 is 0 Å². The lowest BCUT2D eigenvalue weighted by Crippen LogP contribution is -1.75. The predicted molar refractivity (Wildman–Crippen MR) is 53.2 cm³/mol. The van der Waals surface area contributed by atoms with E-state index in [0.717, 1.165) is 0 Å². The van der Waals surface area contributed by atoms with Crippen LogP contribution in [0.3, 0.4) is 0 Å². The van der Waals surface area contributed by atoms with E-state index < -0.39 is 0 Å². The lowest BCUT2D eigenvalue weighted by atomic mass is 10.4. The Labute approximate surface area is 82.7 Å². The Morgan fingerprint density at radius 2 is 1.64 bits per heavy atom. The first-order valence-electron chi connectivity index (χ1n) is 4.09. The molecule has 3 heteroatoms. The number of rotatable bonds is 0. The first kappa shape index (κ1) is 9.87. The van der Waals surface area contributed by atoms with Gasteiger partial charge in [-0.05, 0) is 24.3 Å². The molecule has 0 aliphatic heterocycles. The summed E-state index contributed by atoms with van der Waals surface area (Å²) in [4.78, 5) is 7.52.